The number of carboxylic acids is 1. The number of nitrogens with zero attached hydrogens (tertiary/aromatic N) is 2. The predicted octanol–water partition coefficient (Wildman–Crippen LogP) is 0.171. The minimum atomic E-state index is -4.97. The Balaban J connectivity index is 5.05. The van der Waals surface area contributed by atoms with Gasteiger partial charge >= 0.3 is 18.2 Å². The Bertz CT molecular complexity index is 536. The molecule has 0 saturated heterocycles. The Kier molecular flexibility index (Phi) is 7.28. The fourth-order valence-electron chi connectivity index (χ4n) is 1.41. The number of halogens is 3. The van der Waals surface area contributed by atoms with E-state index in [1.807, 2.05) is 0 Å². The second-order valence-electron chi connectivity index (χ2n) is 5.22. The molecule has 2 unspecified atom stereocenters. The van der Waals surface area contributed by atoms with Crippen LogP contribution in [-0.2, 0) is 14.8 Å². The second-order valence-corrected chi connectivity index (χ2v) is 7.45. The van der Waals surface area contributed by atoms with Crippen molar-refractivity contribution in [2.24, 2.45) is 5.92 Å². The van der Waals surface area contributed by atoms with Gasteiger partial charge in [0.05, 0.1) is 11.7 Å². The molecule has 23 heavy (non-hydrogen) atoms. The molecule has 0 aliphatic carbocycles. The minimum Gasteiger partial charge on any atom is -0.481 e. The zero-order valence-corrected chi connectivity index (χ0v) is 13.9. The van der Waals surface area contributed by atoms with Gasteiger partial charge in [0.2, 0.25) is 10.0 Å². The average molecular weight is 363 g/mol. The van der Waals surface area contributed by atoms with E-state index in [4.69, 9.17) is 5.11 Å². The number of alkyl halides is 3. The van der Waals surface area contributed by atoms with E-state index < -0.39 is 45.9 Å². The van der Waals surface area contributed by atoms with Crippen LogP contribution in [0, 0.1) is 5.92 Å². The average Bonchev–Trinajstić information content (AvgIpc) is 2.35. The van der Waals surface area contributed by atoms with Crippen LogP contribution in [0.4, 0.5) is 18.0 Å². The number of carbonyl (C=O) groups is 2. The Morgan fingerprint density at radius 3 is 2.04 bits per heavy atom. The summed E-state index contributed by atoms with van der Waals surface area (Å²) in [6, 6.07) is -3.82. The molecule has 0 radical (unpaired) electrons. The molecular formula is C11H20F3N3O5S. The molecule has 8 nitrogen and oxygen atoms in total. The van der Waals surface area contributed by atoms with Gasteiger partial charge in [-0.25, -0.2) is 17.5 Å². The van der Waals surface area contributed by atoms with Crippen molar-refractivity contribution in [2.75, 3.05) is 33.4 Å². The molecule has 2 amide bonds. The lowest BCUT2D eigenvalue weighted by Crippen LogP contribution is -2.54. The van der Waals surface area contributed by atoms with Crippen LogP contribution in [0.5, 0.6) is 0 Å². The van der Waals surface area contributed by atoms with Gasteiger partial charge in [-0.1, -0.05) is 6.92 Å². The highest BCUT2D eigenvalue weighted by Gasteiger charge is 2.44. The lowest BCUT2D eigenvalue weighted by atomic mass is 10.2. The largest absolute Gasteiger partial charge is 0.481 e. The summed E-state index contributed by atoms with van der Waals surface area (Å²) in [6.45, 7) is 0.954. The Labute approximate surface area is 132 Å². The van der Waals surface area contributed by atoms with Crippen molar-refractivity contribution in [1.29, 1.82) is 0 Å². The molecule has 0 bridgehead atoms. The number of hydrogen-bond acceptors (Lipinski definition) is 4. The molecule has 2 atom stereocenters. The molecule has 0 saturated carbocycles. The van der Waals surface area contributed by atoms with E-state index in [0.717, 1.165) is 26.0 Å². The third-order valence-electron chi connectivity index (χ3n) is 2.94. The summed E-state index contributed by atoms with van der Waals surface area (Å²) in [5, 5.41) is 10.3. The van der Waals surface area contributed by atoms with Gasteiger partial charge in [0.15, 0.2) is 0 Å². The first-order valence-corrected chi connectivity index (χ1v) is 8.00. The molecule has 0 aromatic heterocycles. The van der Waals surface area contributed by atoms with E-state index in [2.05, 4.69) is 0 Å². The van der Waals surface area contributed by atoms with Gasteiger partial charge in [0, 0.05) is 27.7 Å². The zero-order valence-electron chi connectivity index (χ0n) is 13.1. The first-order valence-electron chi connectivity index (χ1n) is 6.39. The van der Waals surface area contributed by atoms with E-state index in [1.54, 1.807) is 5.32 Å². The topological polar surface area (TPSA) is 107 Å². The number of amides is 2. The van der Waals surface area contributed by atoms with Gasteiger partial charge in [-0.05, 0) is 0 Å². The van der Waals surface area contributed by atoms with Crippen molar-refractivity contribution in [3.63, 3.8) is 0 Å². The lowest BCUT2D eigenvalue weighted by molar-refractivity contribution is -0.148. The first kappa shape index (κ1) is 21.4. The Morgan fingerprint density at radius 1 is 1.22 bits per heavy atom. The van der Waals surface area contributed by atoms with E-state index in [1.165, 1.54) is 6.92 Å². The molecule has 0 rings (SSSR count). The summed E-state index contributed by atoms with van der Waals surface area (Å²) in [4.78, 5) is 23.2. The normalized spacial score (nSPS) is 15.1. The fraction of sp³-hybridized carbons (Fsp3) is 0.818. The van der Waals surface area contributed by atoms with Crippen LogP contribution in [0.1, 0.15) is 6.92 Å². The summed E-state index contributed by atoms with van der Waals surface area (Å²) in [7, 11) is -0.939. The molecule has 0 fully saturated rings. The van der Waals surface area contributed by atoms with Gasteiger partial charge in [-0.3, -0.25) is 4.79 Å². The van der Waals surface area contributed by atoms with E-state index in [-0.39, 0.29) is 6.54 Å². The van der Waals surface area contributed by atoms with Crippen LogP contribution >= 0.6 is 0 Å². The maximum Gasteiger partial charge on any atom is 0.409 e. The lowest BCUT2D eigenvalue weighted by Gasteiger charge is -2.26. The molecule has 136 valence electrons. The summed E-state index contributed by atoms with van der Waals surface area (Å²) in [5.41, 5.74) is 0. The van der Waals surface area contributed by atoms with Crippen molar-refractivity contribution in [3.05, 3.63) is 0 Å². The summed E-state index contributed by atoms with van der Waals surface area (Å²) in [6.07, 6.45) is -4.97. The molecule has 2 N–H and O–H groups in total. The van der Waals surface area contributed by atoms with E-state index in [9.17, 15) is 31.2 Å². The van der Waals surface area contributed by atoms with Gasteiger partial charge < -0.3 is 15.3 Å². The Hall–Kier alpha value is -1.56. The van der Waals surface area contributed by atoms with Crippen LogP contribution in [0.15, 0.2) is 0 Å². The third kappa shape index (κ3) is 7.03. The van der Waals surface area contributed by atoms with Crippen molar-refractivity contribution in [2.45, 2.75) is 19.1 Å². The van der Waals surface area contributed by atoms with Crippen LogP contribution in [0.3, 0.4) is 0 Å². The standard InChI is InChI=1S/C11H20F3N3O5S/c1-7(9(18)19)5-17(4)10(20)15-8(11(12,13)14)6-23(21,22)16(2)3/h7-8H,5-6H2,1-4H3,(H,15,20)(H,18,19). The minimum absolute atomic E-state index is 0.327. The van der Waals surface area contributed by atoms with Gasteiger partial charge in [-0.2, -0.15) is 13.2 Å². The van der Waals surface area contributed by atoms with Crippen molar-refractivity contribution in [1.82, 2.24) is 14.5 Å². The van der Waals surface area contributed by atoms with Gasteiger partial charge in [-0.15, -0.1) is 0 Å². The summed E-state index contributed by atoms with van der Waals surface area (Å²) in [5.74, 6) is -3.55. The summed E-state index contributed by atoms with van der Waals surface area (Å²) >= 11 is 0. The Morgan fingerprint density at radius 2 is 1.70 bits per heavy atom. The molecule has 0 aliphatic heterocycles. The quantitative estimate of drug-likeness (QED) is 0.671. The van der Waals surface area contributed by atoms with Crippen LogP contribution in [0.2, 0.25) is 0 Å². The van der Waals surface area contributed by atoms with Gasteiger partial charge in [0.25, 0.3) is 0 Å². The highest BCUT2D eigenvalue weighted by Crippen LogP contribution is 2.22. The van der Waals surface area contributed by atoms with Crippen LogP contribution in [-0.4, -0.2) is 80.4 Å². The number of hydrogen-bond donors (Lipinski definition) is 2. The fourth-order valence-corrected chi connectivity index (χ4v) is 2.40. The SMILES string of the molecule is CC(CN(C)C(=O)NC(CS(=O)(=O)N(C)C)C(F)(F)F)C(=O)O. The zero-order chi connectivity index (χ0) is 18.6. The molecule has 0 spiro atoms. The molecule has 0 aromatic rings. The molecule has 0 heterocycles. The van der Waals surface area contributed by atoms with E-state index in [0.29, 0.717) is 4.31 Å². The van der Waals surface area contributed by atoms with E-state index >= 15 is 0 Å². The number of carbonyl (C=O) groups excluding carboxylic acids is 1. The number of sulfonamides is 1. The van der Waals surface area contributed by atoms with Crippen molar-refractivity contribution in [3.8, 4) is 0 Å². The first-order chi connectivity index (χ1) is 10.2. The molecule has 0 aliphatic rings. The van der Waals surface area contributed by atoms with Crippen LogP contribution < -0.4 is 5.32 Å². The van der Waals surface area contributed by atoms with Gasteiger partial charge in [0.1, 0.15) is 6.04 Å². The third-order valence-corrected chi connectivity index (χ3v) is 4.81. The smallest absolute Gasteiger partial charge is 0.409 e. The number of rotatable bonds is 7. The molecular weight excluding hydrogens is 343 g/mol. The molecule has 0 aromatic carbocycles. The maximum atomic E-state index is 12.9. The maximum absolute atomic E-state index is 12.9. The van der Waals surface area contributed by atoms with Crippen molar-refractivity contribution < 1.29 is 36.3 Å². The van der Waals surface area contributed by atoms with Crippen molar-refractivity contribution >= 4 is 22.0 Å². The number of carboxylic acid groups (broad SMARTS) is 1. The second kappa shape index (κ2) is 7.81. The van der Waals surface area contributed by atoms with Crippen LogP contribution in [0.25, 0.3) is 0 Å². The summed E-state index contributed by atoms with van der Waals surface area (Å²) < 4.78 is 62.6. The highest BCUT2D eigenvalue weighted by atomic mass is 32.2. The molecule has 12 heteroatoms. The monoisotopic (exact) mass is 363 g/mol. The number of aliphatic carboxylic acids is 1. The predicted molar refractivity (Wildman–Crippen MR) is 75.3 cm³/mol. The highest BCUT2D eigenvalue weighted by molar-refractivity contribution is 7.89. The number of nitrogens with one attached hydrogen (secondary N) is 1. The number of urea groups is 1.